The van der Waals surface area contributed by atoms with Crippen LogP contribution < -0.4 is 0 Å². The van der Waals surface area contributed by atoms with Gasteiger partial charge in [0, 0.05) is 5.56 Å². The second-order valence-electron chi connectivity index (χ2n) is 3.61. The average Bonchev–Trinajstić information content (AvgIpc) is 2.61. The van der Waals surface area contributed by atoms with Crippen LogP contribution in [0.1, 0.15) is 12.5 Å². The Hall–Kier alpha value is -1.49. The first-order valence-corrected chi connectivity index (χ1v) is 5.78. The van der Waals surface area contributed by atoms with Crippen LogP contribution in [0.15, 0.2) is 35.3 Å². The van der Waals surface area contributed by atoms with E-state index in [2.05, 4.69) is 4.99 Å². The Balaban J connectivity index is 2.21. The fraction of sp³-hybridized carbons (Fsp3) is 0.273. The molecular formula is C11H11NO3S. The second kappa shape index (κ2) is 4.17. The van der Waals surface area contributed by atoms with E-state index >= 15 is 0 Å². The van der Waals surface area contributed by atoms with Gasteiger partial charge in [0.1, 0.15) is 5.04 Å². The molecule has 4 nitrogen and oxygen atoms in total. The molecule has 0 amide bonds. The van der Waals surface area contributed by atoms with Crippen LogP contribution in [0.25, 0.3) is 0 Å². The number of benzene rings is 1. The van der Waals surface area contributed by atoms with Crippen molar-refractivity contribution in [3.05, 3.63) is 35.9 Å². The average molecular weight is 237 g/mol. The quantitative estimate of drug-likeness (QED) is 0.803. The van der Waals surface area contributed by atoms with E-state index < -0.39 is 11.9 Å². The smallest absolute Gasteiger partial charge is 0.450 e. The maximum absolute atomic E-state index is 10.5. The van der Waals surface area contributed by atoms with Crippen molar-refractivity contribution < 1.29 is 14.6 Å². The zero-order valence-corrected chi connectivity index (χ0v) is 9.53. The highest BCUT2D eigenvalue weighted by Gasteiger charge is 2.34. The third-order valence-electron chi connectivity index (χ3n) is 2.14. The molecule has 0 fully saturated rings. The van der Waals surface area contributed by atoms with Gasteiger partial charge in [-0.3, -0.25) is 0 Å². The predicted molar refractivity (Wildman–Crippen MR) is 63.0 cm³/mol. The molecule has 0 aromatic heterocycles. The zero-order valence-electron chi connectivity index (χ0n) is 8.71. The van der Waals surface area contributed by atoms with Crippen molar-refractivity contribution in [2.24, 2.45) is 4.99 Å². The first-order chi connectivity index (χ1) is 7.59. The molecule has 1 N–H and O–H groups in total. The second-order valence-corrected chi connectivity index (χ2v) is 4.58. The van der Waals surface area contributed by atoms with Crippen molar-refractivity contribution in [3.8, 4) is 0 Å². The number of ether oxygens (including phenoxy) is 1. The van der Waals surface area contributed by atoms with Gasteiger partial charge in [0.15, 0.2) is 0 Å². The molecule has 1 aliphatic heterocycles. The van der Waals surface area contributed by atoms with Gasteiger partial charge in [-0.05, 0) is 6.92 Å². The summed E-state index contributed by atoms with van der Waals surface area (Å²) < 4.78 is 4.76. The van der Waals surface area contributed by atoms with Crippen LogP contribution in [0.3, 0.4) is 0 Å². The number of hydrogen-bond donors (Lipinski definition) is 1. The summed E-state index contributed by atoms with van der Waals surface area (Å²) in [6.07, 6.45) is -1.29. The molecule has 84 valence electrons. The number of rotatable bonds is 2. The molecule has 0 unspecified atom stereocenters. The standard InChI is InChI=1S/C11H11NO3S/c1-11(15-10(13)14)7-16-9(12-11)8-5-3-2-4-6-8/h2-6H,7H2,1H3,(H,13,14)/t11-/m0/s1. The first-order valence-electron chi connectivity index (χ1n) is 4.79. The Morgan fingerprint density at radius 2 is 2.19 bits per heavy atom. The van der Waals surface area contributed by atoms with Crippen LogP contribution in [0.5, 0.6) is 0 Å². The van der Waals surface area contributed by atoms with E-state index in [0.717, 1.165) is 10.6 Å². The topological polar surface area (TPSA) is 58.9 Å². The third-order valence-corrected chi connectivity index (χ3v) is 3.42. The number of aliphatic imine (C=N–C) groups is 1. The summed E-state index contributed by atoms with van der Waals surface area (Å²) >= 11 is 1.51. The summed E-state index contributed by atoms with van der Waals surface area (Å²) in [7, 11) is 0. The van der Waals surface area contributed by atoms with Crippen LogP contribution in [0.4, 0.5) is 4.79 Å². The normalized spacial score (nSPS) is 23.9. The van der Waals surface area contributed by atoms with Gasteiger partial charge >= 0.3 is 6.16 Å². The Morgan fingerprint density at radius 1 is 1.50 bits per heavy atom. The van der Waals surface area contributed by atoms with Crippen molar-refractivity contribution in [2.75, 3.05) is 5.75 Å². The molecule has 1 aliphatic rings. The van der Waals surface area contributed by atoms with E-state index in [4.69, 9.17) is 9.84 Å². The first kappa shape index (κ1) is 11.0. The largest absolute Gasteiger partial charge is 0.507 e. The molecule has 1 aromatic carbocycles. The van der Waals surface area contributed by atoms with E-state index in [1.165, 1.54) is 11.8 Å². The molecule has 0 radical (unpaired) electrons. The summed E-state index contributed by atoms with van der Waals surface area (Å²) in [5.41, 5.74) is 0.0343. The summed E-state index contributed by atoms with van der Waals surface area (Å²) in [4.78, 5) is 14.8. The fourth-order valence-corrected chi connectivity index (χ4v) is 2.54. The minimum absolute atomic E-state index is 0.517. The van der Waals surface area contributed by atoms with Gasteiger partial charge in [-0.25, -0.2) is 9.79 Å². The van der Waals surface area contributed by atoms with Crippen molar-refractivity contribution in [1.29, 1.82) is 0 Å². The molecule has 0 saturated carbocycles. The maximum atomic E-state index is 10.5. The number of hydrogen-bond acceptors (Lipinski definition) is 4. The van der Waals surface area contributed by atoms with E-state index in [1.807, 2.05) is 30.3 Å². The van der Waals surface area contributed by atoms with E-state index in [-0.39, 0.29) is 0 Å². The number of nitrogens with zero attached hydrogens (tertiary/aromatic N) is 1. The molecule has 0 aliphatic carbocycles. The summed E-state index contributed by atoms with van der Waals surface area (Å²) in [6.45, 7) is 1.67. The highest BCUT2D eigenvalue weighted by atomic mass is 32.2. The van der Waals surface area contributed by atoms with Crippen molar-refractivity contribution in [3.63, 3.8) is 0 Å². The highest BCUT2D eigenvalue weighted by Crippen LogP contribution is 2.31. The van der Waals surface area contributed by atoms with Crippen LogP contribution in [0.2, 0.25) is 0 Å². The van der Waals surface area contributed by atoms with Crippen LogP contribution in [-0.4, -0.2) is 27.8 Å². The van der Waals surface area contributed by atoms with Gasteiger partial charge in [0.2, 0.25) is 5.72 Å². The van der Waals surface area contributed by atoms with Gasteiger partial charge in [0.25, 0.3) is 0 Å². The monoisotopic (exact) mass is 237 g/mol. The summed E-state index contributed by atoms with van der Waals surface area (Å²) in [6, 6.07) is 9.66. The van der Waals surface area contributed by atoms with E-state index in [0.29, 0.717) is 5.75 Å². The molecule has 2 rings (SSSR count). The lowest BCUT2D eigenvalue weighted by Gasteiger charge is -2.17. The molecule has 1 heterocycles. The Kier molecular flexibility index (Phi) is 2.87. The molecule has 1 aromatic rings. The number of thioether (sulfide) groups is 1. The van der Waals surface area contributed by atoms with Crippen LogP contribution in [-0.2, 0) is 4.74 Å². The van der Waals surface area contributed by atoms with E-state index in [1.54, 1.807) is 6.92 Å². The van der Waals surface area contributed by atoms with Gasteiger partial charge < -0.3 is 9.84 Å². The number of carbonyl (C=O) groups is 1. The molecule has 0 saturated heterocycles. The molecule has 16 heavy (non-hydrogen) atoms. The lowest BCUT2D eigenvalue weighted by atomic mass is 10.2. The van der Waals surface area contributed by atoms with Gasteiger partial charge in [-0.2, -0.15) is 0 Å². The highest BCUT2D eigenvalue weighted by molar-refractivity contribution is 8.14. The molecular weight excluding hydrogens is 226 g/mol. The van der Waals surface area contributed by atoms with Gasteiger partial charge in [-0.1, -0.05) is 42.1 Å². The Labute approximate surface area is 97.3 Å². The minimum Gasteiger partial charge on any atom is -0.450 e. The maximum Gasteiger partial charge on any atom is 0.507 e. The summed E-state index contributed by atoms with van der Waals surface area (Å²) in [5.74, 6) is 0.517. The molecule has 5 heteroatoms. The van der Waals surface area contributed by atoms with Crippen molar-refractivity contribution in [2.45, 2.75) is 12.6 Å². The van der Waals surface area contributed by atoms with E-state index in [9.17, 15) is 4.79 Å². The molecule has 0 bridgehead atoms. The van der Waals surface area contributed by atoms with Crippen LogP contribution >= 0.6 is 11.8 Å². The lowest BCUT2D eigenvalue weighted by Crippen LogP contribution is -2.29. The SMILES string of the molecule is C[C@]1(OC(=O)O)CSC(c2ccccc2)=N1. The lowest BCUT2D eigenvalue weighted by molar-refractivity contribution is 0.0136. The molecule has 0 spiro atoms. The summed E-state index contributed by atoms with van der Waals surface area (Å²) in [5, 5.41) is 9.42. The van der Waals surface area contributed by atoms with Crippen molar-refractivity contribution in [1.82, 2.24) is 0 Å². The van der Waals surface area contributed by atoms with Gasteiger partial charge in [0.05, 0.1) is 5.75 Å². The Bertz CT molecular complexity index is 432. The van der Waals surface area contributed by atoms with Gasteiger partial charge in [-0.15, -0.1) is 0 Å². The van der Waals surface area contributed by atoms with Crippen LogP contribution in [0, 0.1) is 0 Å². The fourth-order valence-electron chi connectivity index (χ4n) is 1.45. The zero-order chi connectivity index (χ0) is 11.6. The van der Waals surface area contributed by atoms with Crippen molar-refractivity contribution >= 4 is 23.0 Å². The minimum atomic E-state index is -1.29. The third kappa shape index (κ3) is 2.36. The molecule has 1 atom stereocenters. The predicted octanol–water partition coefficient (Wildman–Crippen LogP) is 2.59. The number of carboxylic acid groups (broad SMARTS) is 1. The Morgan fingerprint density at radius 3 is 2.81 bits per heavy atom.